The Labute approximate surface area is 83.7 Å². The van der Waals surface area contributed by atoms with Crippen LogP contribution in [0, 0.1) is 0 Å². The van der Waals surface area contributed by atoms with Crippen LogP contribution in [0.1, 0.15) is 0 Å². The second kappa shape index (κ2) is 5.87. The molecular formula is C7H6ClF3O2S. The van der Waals surface area contributed by atoms with Gasteiger partial charge in [-0.05, 0) is 12.1 Å². The summed E-state index contributed by atoms with van der Waals surface area (Å²) in [6, 6.07) is 7.86. The summed E-state index contributed by atoms with van der Waals surface area (Å²) in [5.74, 6) is 0. The molecule has 0 bridgehead atoms. The molecule has 0 radical (unpaired) electrons. The van der Waals surface area contributed by atoms with Gasteiger partial charge in [0.15, 0.2) is 0 Å². The standard InChI is InChI=1S/C6H5ClO2S.CHF3/c7-10(8,9)6-4-2-1-3-5-6;2-1(3)4/h1-5H;1H. The molecule has 0 aliphatic heterocycles. The van der Waals surface area contributed by atoms with E-state index in [0.717, 1.165) is 0 Å². The molecule has 0 saturated carbocycles. The fourth-order valence-electron chi connectivity index (χ4n) is 0.583. The highest BCUT2D eigenvalue weighted by Gasteiger charge is 2.06. The van der Waals surface area contributed by atoms with Crippen molar-refractivity contribution in [1.29, 1.82) is 0 Å². The summed E-state index contributed by atoms with van der Waals surface area (Å²) < 4.78 is 50.2. The van der Waals surface area contributed by atoms with Crippen LogP contribution in [0.2, 0.25) is 0 Å². The van der Waals surface area contributed by atoms with E-state index in [9.17, 15) is 21.6 Å². The Hall–Kier alpha value is -0.750. The van der Waals surface area contributed by atoms with Crippen molar-refractivity contribution in [2.45, 2.75) is 11.6 Å². The lowest BCUT2D eigenvalue weighted by molar-refractivity contribution is 0.00819. The third-order valence-corrected chi connectivity index (χ3v) is 2.39. The Morgan fingerprint density at radius 3 is 1.64 bits per heavy atom. The van der Waals surface area contributed by atoms with Gasteiger partial charge in [-0.15, -0.1) is 0 Å². The van der Waals surface area contributed by atoms with Gasteiger partial charge in [0.05, 0.1) is 4.90 Å². The van der Waals surface area contributed by atoms with Crippen molar-refractivity contribution in [3.8, 4) is 0 Å². The predicted molar refractivity (Wildman–Crippen MR) is 46.6 cm³/mol. The van der Waals surface area contributed by atoms with Crippen molar-refractivity contribution < 1.29 is 21.6 Å². The first-order valence-corrected chi connectivity index (χ1v) is 5.57. The Kier molecular flexibility index (Phi) is 5.56. The normalized spacial score (nSPS) is 10.6. The molecule has 1 rings (SSSR count). The van der Waals surface area contributed by atoms with Gasteiger partial charge in [-0.1, -0.05) is 18.2 Å². The molecule has 7 heteroatoms. The number of hydrogen-bond acceptors (Lipinski definition) is 2. The average molecular weight is 247 g/mol. The van der Waals surface area contributed by atoms with Gasteiger partial charge >= 0.3 is 6.68 Å². The van der Waals surface area contributed by atoms with Crippen LogP contribution in [0.15, 0.2) is 35.2 Å². The van der Waals surface area contributed by atoms with Crippen molar-refractivity contribution >= 4 is 19.7 Å². The van der Waals surface area contributed by atoms with Crippen molar-refractivity contribution in [3.63, 3.8) is 0 Å². The van der Waals surface area contributed by atoms with Crippen LogP contribution < -0.4 is 0 Å². The smallest absolute Gasteiger partial charge is 0.207 e. The third-order valence-electron chi connectivity index (χ3n) is 1.02. The molecule has 0 N–H and O–H groups in total. The quantitative estimate of drug-likeness (QED) is 0.714. The molecule has 80 valence electrons. The van der Waals surface area contributed by atoms with Gasteiger partial charge in [-0.2, -0.15) is 13.2 Å². The molecule has 14 heavy (non-hydrogen) atoms. The number of halogens is 4. The molecule has 0 atom stereocenters. The maximum Gasteiger partial charge on any atom is 0.379 e. The second-order valence-corrected chi connectivity index (χ2v) is 4.56. The molecule has 0 unspecified atom stereocenters. The Morgan fingerprint density at radius 2 is 1.43 bits per heavy atom. The molecule has 0 heterocycles. The highest BCUT2D eigenvalue weighted by atomic mass is 35.7. The fraction of sp³-hybridized carbons (Fsp3) is 0.143. The molecule has 0 spiro atoms. The average Bonchev–Trinajstić information content (AvgIpc) is 2.03. The van der Waals surface area contributed by atoms with Crippen molar-refractivity contribution in [2.75, 3.05) is 0 Å². The van der Waals surface area contributed by atoms with E-state index in [1.165, 1.54) is 12.1 Å². The van der Waals surface area contributed by atoms with Crippen LogP contribution in [0.5, 0.6) is 0 Å². The summed E-state index contributed by atoms with van der Waals surface area (Å²) in [6.45, 7) is -3.67. The molecule has 0 fully saturated rings. The van der Waals surface area contributed by atoms with E-state index < -0.39 is 15.7 Å². The summed E-state index contributed by atoms with van der Waals surface area (Å²) in [5.41, 5.74) is 0. The molecule has 1 aromatic rings. The molecule has 2 nitrogen and oxygen atoms in total. The minimum absolute atomic E-state index is 0.136. The summed E-state index contributed by atoms with van der Waals surface area (Å²) >= 11 is 0. The SMILES string of the molecule is FC(F)F.O=S(=O)(Cl)c1ccccc1. The monoisotopic (exact) mass is 246 g/mol. The largest absolute Gasteiger partial charge is 0.379 e. The van der Waals surface area contributed by atoms with E-state index in [0.29, 0.717) is 0 Å². The summed E-state index contributed by atoms with van der Waals surface area (Å²) in [5, 5.41) is 0. The first kappa shape index (κ1) is 13.2. The van der Waals surface area contributed by atoms with Crippen LogP contribution >= 0.6 is 10.7 Å². The second-order valence-electron chi connectivity index (χ2n) is 2.00. The van der Waals surface area contributed by atoms with E-state index in [1.54, 1.807) is 18.2 Å². The summed E-state index contributed by atoms with van der Waals surface area (Å²) in [7, 11) is 1.50. The minimum Gasteiger partial charge on any atom is -0.207 e. The lowest BCUT2D eigenvalue weighted by atomic mass is 10.4. The van der Waals surface area contributed by atoms with Gasteiger partial charge in [-0.25, -0.2) is 8.42 Å². The van der Waals surface area contributed by atoms with E-state index in [4.69, 9.17) is 10.7 Å². The van der Waals surface area contributed by atoms with Gasteiger partial charge in [0.1, 0.15) is 0 Å². The molecule has 0 aromatic heterocycles. The van der Waals surface area contributed by atoms with E-state index in [-0.39, 0.29) is 4.90 Å². The van der Waals surface area contributed by atoms with E-state index >= 15 is 0 Å². The fourth-order valence-corrected chi connectivity index (χ4v) is 1.37. The van der Waals surface area contributed by atoms with Crippen molar-refractivity contribution in [3.05, 3.63) is 30.3 Å². The molecule has 0 aliphatic carbocycles. The number of rotatable bonds is 1. The molecule has 1 aromatic carbocycles. The minimum atomic E-state index is -3.67. The Bertz CT molecular complexity index is 350. The molecule has 0 aliphatic rings. The molecule has 0 saturated heterocycles. The lowest BCUT2D eigenvalue weighted by Gasteiger charge is -1.91. The zero-order valence-electron chi connectivity index (χ0n) is 6.70. The number of hydrogen-bond donors (Lipinski definition) is 0. The molecular weight excluding hydrogens is 241 g/mol. The maximum absolute atomic E-state index is 10.6. The predicted octanol–water partition coefficient (Wildman–Crippen LogP) is 2.79. The van der Waals surface area contributed by atoms with Crippen LogP contribution in [0.25, 0.3) is 0 Å². The Morgan fingerprint density at radius 1 is 1.07 bits per heavy atom. The van der Waals surface area contributed by atoms with Crippen molar-refractivity contribution in [1.82, 2.24) is 0 Å². The van der Waals surface area contributed by atoms with Gasteiger partial charge in [0, 0.05) is 10.7 Å². The van der Waals surface area contributed by atoms with Crippen LogP contribution in [0.3, 0.4) is 0 Å². The van der Waals surface area contributed by atoms with Crippen LogP contribution in [0.4, 0.5) is 13.2 Å². The highest BCUT2D eigenvalue weighted by Crippen LogP contribution is 2.12. The highest BCUT2D eigenvalue weighted by molar-refractivity contribution is 8.13. The maximum atomic E-state index is 10.6. The zero-order valence-corrected chi connectivity index (χ0v) is 8.27. The van der Waals surface area contributed by atoms with Crippen LogP contribution in [-0.2, 0) is 9.05 Å². The van der Waals surface area contributed by atoms with Gasteiger partial charge in [-0.3, -0.25) is 0 Å². The first-order chi connectivity index (χ1) is 6.34. The van der Waals surface area contributed by atoms with Crippen molar-refractivity contribution in [2.24, 2.45) is 0 Å². The summed E-state index contributed by atoms with van der Waals surface area (Å²) in [6.07, 6.45) is 0. The number of benzene rings is 1. The molecule has 0 amide bonds. The van der Waals surface area contributed by atoms with Gasteiger partial charge in [0.2, 0.25) is 0 Å². The van der Waals surface area contributed by atoms with E-state index in [1.807, 2.05) is 0 Å². The first-order valence-electron chi connectivity index (χ1n) is 3.26. The van der Waals surface area contributed by atoms with Gasteiger partial charge < -0.3 is 0 Å². The lowest BCUT2D eigenvalue weighted by Crippen LogP contribution is -1.87. The van der Waals surface area contributed by atoms with E-state index in [2.05, 4.69) is 0 Å². The Balaban J connectivity index is 0.000000364. The zero-order chi connectivity index (χ0) is 11.2. The number of alkyl halides is 3. The third kappa shape index (κ3) is 6.73. The summed E-state index contributed by atoms with van der Waals surface area (Å²) in [4.78, 5) is 0.136. The topological polar surface area (TPSA) is 34.1 Å². The van der Waals surface area contributed by atoms with Crippen LogP contribution in [-0.4, -0.2) is 15.1 Å². The van der Waals surface area contributed by atoms with Gasteiger partial charge in [0.25, 0.3) is 9.05 Å².